The third-order valence-corrected chi connectivity index (χ3v) is 2.49. The van der Waals surface area contributed by atoms with Gasteiger partial charge in [0.15, 0.2) is 0 Å². The summed E-state index contributed by atoms with van der Waals surface area (Å²) in [7, 11) is 1.93. The van der Waals surface area contributed by atoms with Gasteiger partial charge >= 0.3 is 0 Å². The average molecular weight is 216 g/mol. The summed E-state index contributed by atoms with van der Waals surface area (Å²) in [5.74, 6) is 0. The Labute approximate surface area is 95.3 Å². The highest BCUT2D eigenvalue weighted by molar-refractivity contribution is 5.06. The highest BCUT2D eigenvalue weighted by Crippen LogP contribution is 2.09. The molecule has 1 atom stereocenters. The Morgan fingerprint density at radius 2 is 2.25 bits per heavy atom. The number of pyridine rings is 1. The molecule has 2 aromatic rings. The van der Waals surface area contributed by atoms with Gasteiger partial charge in [-0.3, -0.25) is 9.67 Å². The molecule has 0 aliphatic heterocycles. The van der Waals surface area contributed by atoms with E-state index in [0.717, 1.165) is 17.9 Å². The number of hydrogen-bond donors (Lipinski definition) is 1. The fourth-order valence-corrected chi connectivity index (χ4v) is 1.53. The average Bonchev–Trinajstić information content (AvgIpc) is 2.74. The van der Waals surface area contributed by atoms with Crippen LogP contribution in [0.15, 0.2) is 36.7 Å². The van der Waals surface area contributed by atoms with Gasteiger partial charge in [-0.15, -0.1) is 0 Å². The lowest BCUT2D eigenvalue weighted by Gasteiger charge is -2.10. The van der Waals surface area contributed by atoms with Gasteiger partial charge < -0.3 is 5.32 Å². The standard InChI is InChI=1S/C12H16N4/c1-10(12-6-8-16(2)15-12)14-9-11-5-3-4-7-13-11/h3-8,10,14H,9H2,1-2H3. The number of aryl methyl sites for hydroxylation is 1. The third kappa shape index (κ3) is 2.67. The lowest BCUT2D eigenvalue weighted by atomic mass is 10.2. The molecule has 4 nitrogen and oxygen atoms in total. The Morgan fingerprint density at radius 1 is 1.38 bits per heavy atom. The predicted octanol–water partition coefficient (Wildman–Crippen LogP) is 1.67. The van der Waals surface area contributed by atoms with E-state index in [1.165, 1.54) is 0 Å². The minimum absolute atomic E-state index is 0.239. The highest BCUT2D eigenvalue weighted by atomic mass is 15.3. The fraction of sp³-hybridized carbons (Fsp3) is 0.333. The first-order chi connectivity index (χ1) is 7.75. The van der Waals surface area contributed by atoms with Crippen LogP contribution in [0.3, 0.4) is 0 Å². The van der Waals surface area contributed by atoms with Gasteiger partial charge in [0.05, 0.1) is 11.4 Å². The maximum Gasteiger partial charge on any atom is 0.0791 e. The molecule has 16 heavy (non-hydrogen) atoms. The quantitative estimate of drug-likeness (QED) is 0.845. The third-order valence-electron chi connectivity index (χ3n) is 2.49. The van der Waals surface area contributed by atoms with Crippen LogP contribution in [0.5, 0.6) is 0 Å². The van der Waals surface area contributed by atoms with E-state index >= 15 is 0 Å². The Kier molecular flexibility index (Phi) is 3.31. The monoisotopic (exact) mass is 216 g/mol. The first-order valence-electron chi connectivity index (χ1n) is 5.38. The molecule has 2 aromatic heterocycles. The Hall–Kier alpha value is -1.68. The number of hydrogen-bond acceptors (Lipinski definition) is 3. The number of aromatic nitrogens is 3. The summed E-state index contributed by atoms with van der Waals surface area (Å²) in [6, 6.07) is 8.19. The van der Waals surface area contributed by atoms with E-state index in [-0.39, 0.29) is 6.04 Å². The maximum atomic E-state index is 4.36. The molecule has 0 radical (unpaired) electrons. The van der Waals surface area contributed by atoms with E-state index < -0.39 is 0 Å². The van der Waals surface area contributed by atoms with E-state index in [2.05, 4.69) is 22.3 Å². The maximum absolute atomic E-state index is 4.36. The van der Waals surface area contributed by atoms with Gasteiger partial charge in [-0.25, -0.2) is 0 Å². The Morgan fingerprint density at radius 3 is 2.88 bits per heavy atom. The van der Waals surface area contributed by atoms with Crippen molar-refractivity contribution in [2.75, 3.05) is 0 Å². The van der Waals surface area contributed by atoms with Crippen LogP contribution >= 0.6 is 0 Å². The summed E-state index contributed by atoms with van der Waals surface area (Å²) >= 11 is 0. The summed E-state index contributed by atoms with van der Waals surface area (Å²) in [6.45, 7) is 2.86. The van der Waals surface area contributed by atoms with E-state index in [4.69, 9.17) is 0 Å². The zero-order valence-corrected chi connectivity index (χ0v) is 9.59. The molecule has 0 amide bonds. The first kappa shape index (κ1) is 10.8. The van der Waals surface area contributed by atoms with E-state index in [0.29, 0.717) is 0 Å². The molecule has 0 saturated heterocycles. The van der Waals surface area contributed by atoms with Crippen LogP contribution < -0.4 is 5.32 Å². The summed E-state index contributed by atoms with van der Waals surface area (Å²) in [6.07, 6.45) is 3.76. The number of nitrogens with zero attached hydrogens (tertiary/aromatic N) is 3. The molecule has 0 fully saturated rings. The molecule has 0 saturated carbocycles. The van der Waals surface area contributed by atoms with Crippen molar-refractivity contribution >= 4 is 0 Å². The van der Waals surface area contributed by atoms with Crippen molar-refractivity contribution in [2.45, 2.75) is 19.5 Å². The molecule has 0 aliphatic rings. The number of rotatable bonds is 4. The Balaban J connectivity index is 1.91. The van der Waals surface area contributed by atoms with Gasteiger partial charge in [0, 0.05) is 32.0 Å². The van der Waals surface area contributed by atoms with Crippen LogP contribution in [-0.4, -0.2) is 14.8 Å². The number of nitrogens with one attached hydrogen (secondary N) is 1. The molecule has 4 heteroatoms. The fourth-order valence-electron chi connectivity index (χ4n) is 1.53. The minimum atomic E-state index is 0.239. The smallest absolute Gasteiger partial charge is 0.0791 e. The molecule has 1 unspecified atom stereocenters. The Bertz CT molecular complexity index is 435. The van der Waals surface area contributed by atoms with Crippen LogP contribution in [0.2, 0.25) is 0 Å². The van der Waals surface area contributed by atoms with Crippen LogP contribution in [0.1, 0.15) is 24.4 Å². The van der Waals surface area contributed by atoms with Gasteiger partial charge in [0.25, 0.3) is 0 Å². The van der Waals surface area contributed by atoms with Crippen molar-refractivity contribution in [1.29, 1.82) is 0 Å². The molecule has 0 aliphatic carbocycles. The molecule has 1 N–H and O–H groups in total. The van der Waals surface area contributed by atoms with Crippen molar-refractivity contribution in [3.05, 3.63) is 48.0 Å². The normalized spacial score (nSPS) is 12.6. The summed E-state index contributed by atoms with van der Waals surface area (Å²) in [5.41, 5.74) is 2.10. The molecule has 2 rings (SSSR count). The zero-order chi connectivity index (χ0) is 11.4. The van der Waals surface area contributed by atoms with E-state index in [9.17, 15) is 0 Å². The van der Waals surface area contributed by atoms with E-state index in [1.54, 1.807) is 0 Å². The lowest BCUT2D eigenvalue weighted by molar-refractivity contribution is 0.546. The van der Waals surface area contributed by atoms with Crippen LogP contribution in [0.4, 0.5) is 0 Å². The highest BCUT2D eigenvalue weighted by Gasteiger charge is 2.07. The largest absolute Gasteiger partial charge is 0.303 e. The summed E-state index contributed by atoms with van der Waals surface area (Å²) in [4.78, 5) is 4.26. The second-order valence-electron chi connectivity index (χ2n) is 3.84. The van der Waals surface area contributed by atoms with Gasteiger partial charge in [-0.2, -0.15) is 5.10 Å². The molecule has 0 spiro atoms. The van der Waals surface area contributed by atoms with Crippen LogP contribution in [0, 0.1) is 0 Å². The zero-order valence-electron chi connectivity index (χ0n) is 9.59. The van der Waals surface area contributed by atoms with Gasteiger partial charge in [0.1, 0.15) is 0 Å². The molecule has 0 bridgehead atoms. The summed E-state index contributed by atoms with van der Waals surface area (Å²) < 4.78 is 1.81. The van der Waals surface area contributed by atoms with Crippen molar-refractivity contribution in [3.8, 4) is 0 Å². The first-order valence-corrected chi connectivity index (χ1v) is 5.38. The lowest BCUT2D eigenvalue weighted by Crippen LogP contribution is -2.19. The molecular weight excluding hydrogens is 200 g/mol. The molecular formula is C12H16N4. The van der Waals surface area contributed by atoms with Crippen molar-refractivity contribution in [3.63, 3.8) is 0 Å². The molecule has 2 heterocycles. The van der Waals surface area contributed by atoms with Gasteiger partial charge in [-0.1, -0.05) is 6.07 Å². The second kappa shape index (κ2) is 4.90. The van der Waals surface area contributed by atoms with Crippen molar-refractivity contribution < 1.29 is 0 Å². The predicted molar refractivity (Wildman–Crippen MR) is 62.7 cm³/mol. The minimum Gasteiger partial charge on any atom is -0.303 e. The molecule has 84 valence electrons. The van der Waals surface area contributed by atoms with Crippen LogP contribution in [-0.2, 0) is 13.6 Å². The topological polar surface area (TPSA) is 42.7 Å². The van der Waals surface area contributed by atoms with Crippen molar-refractivity contribution in [1.82, 2.24) is 20.1 Å². The van der Waals surface area contributed by atoms with E-state index in [1.807, 2.05) is 48.4 Å². The van der Waals surface area contributed by atoms with Gasteiger partial charge in [0.2, 0.25) is 0 Å². The molecule has 0 aromatic carbocycles. The summed E-state index contributed by atoms with van der Waals surface area (Å²) in [5, 5.41) is 7.75. The van der Waals surface area contributed by atoms with Gasteiger partial charge in [-0.05, 0) is 25.1 Å². The van der Waals surface area contributed by atoms with Crippen LogP contribution in [0.25, 0.3) is 0 Å². The van der Waals surface area contributed by atoms with Crippen molar-refractivity contribution in [2.24, 2.45) is 7.05 Å². The SMILES string of the molecule is CC(NCc1ccccn1)c1ccn(C)n1. The second-order valence-corrected chi connectivity index (χ2v) is 3.84.